The summed E-state index contributed by atoms with van der Waals surface area (Å²) in [6.45, 7) is 5.82. The Hall–Kier alpha value is -1.54. The molecule has 0 aliphatic rings. The van der Waals surface area contributed by atoms with Crippen molar-refractivity contribution in [2.24, 2.45) is 0 Å². The predicted molar refractivity (Wildman–Crippen MR) is 126 cm³/mol. The maximum atomic E-state index is 7.15. The van der Waals surface area contributed by atoms with Crippen molar-refractivity contribution in [2.45, 2.75) is 39.5 Å². The Morgan fingerprint density at radius 2 is 0.828 bits per heavy atom. The molecule has 0 atom stereocenters. The van der Waals surface area contributed by atoms with Crippen LogP contribution in [0.15, 0.2) is 91.0 Å². The van der Waals surface area contributed by atoms with Crippen LogP contribution in [0.25, 0.3) is 0 Å². The van der Waals surface area contributed by atoms with Crippen LogP contribution in [-0.4, -0.2) is 32.9 Å². The fraction of sp³-hybridized carbons (Fsp3) is 0.308. The van der Waals surface area contributed by atoms with Crippen molar-refractivity contribution in [1.29, 1.82) is 0 Å². The molecule has 0 aliphatic heterocycles. The summed E-state index contributed by atoms with van der Waals surface area (Å²) in [5.74, 6) is 0. The molecular formula is C26H33BiO2. The van der Waals surface area contributed by atoms with Crippen LogP contribution in [0.4, 0.5) is 0 Å². The second-order valence-electron chi connectivity index (χ2n) is 7.34. The van der Waals surface area contributed by atoms with E-state index in [1.54, 1.807) is 0 Å². The van der Waals surface area contributed by atoms with Crippen molar-refractivity contribution in [2.75, 3.05) is 13.2 Å². The van der Waals surface area contributed by atoms with Crippen molar-refractivity contribution in [3.05, 3.63) is 91.0 Å². The van der Waals surface area contributed by atoms with Gasteiger partial charge in [0.2, 0.25) is 0 Å². The first-order chi connectivity index (χ1) is 14.3. The Morgan fingerprint density at radius 1 is 0.517 bits per heavy atom. The van der Waals surface area contributed by atoms with Crippen molar-refractivity contribution < 1.29 is 5.63 Å². The molecule has 0 N–H and O–H groups in total. The minimum atomic E-state index is -4.86. The summed E-state index contributed by atoms with van der Waals surface area (Å²) in [6.07, 6.45) is 4.24. The average Bonchev–Trinajstić information content (AvgIpc) is 2.80. The fourth-order valence-corrected chi connectivity index (χ4v) is 23.1. The number of benzene rings is 3. The fourth-order valence-electron chi connectivity index (χ4n) is 3.79. The summed E-state index contributed by atoms with van der Waals surface area (Å²) in [4.78, 5) is 0. The normalized spacial score (nSPS) is 13.0. The Bertz CT molecular complexity index is 736. The Morgan fingerprint density at radius 3 is 1.10 bits per heavy atom. The molecule has 0 saturated heterocycles. The number of rotatable bonds is 11. The molecule has 154 valence electrons. The molecule has 3 aromatic carbocycles. The van der Waals surface area contributed by atoms with E-state index >= 15 is 0 Å². The topological polar surface area (TPSA) is 18.5 Å². The van der Waals surface area contributed by atoms with Gasteiger partial charge in [0.1, 0.15) is 0 Å². The molecule has 3 heteroatoms. The molecule has 0 amide bonds. The standard InChI is InChI=1S/3C6H5.2C4H9O.Bi/c3*1-2-4-6-5-3-1;2*1-2-3-4-5;/h3*1-5H;2*2-4H2,1H3;/q;;;2*-1;+2. The van der Waals surface area contributed by atoms with Gasteiger partial charge in [-0.15, -0.1) is 0 Å². The third kappa shape index (κ3) is 4.33. The van der Waals surface area contributed by atoms with E-state index in [1.165, 1.54) is 9.81 Å². The van der Waals surface area contributed by atoms with Crippen molar-refractivity contribution >= 4 is 29.5 Å². The van der Waals surface area contributed by atoms with Gasteiger partial charge < -0.3 is 0 Å². The van der Waals surface area contributed by atoms with Gasteiger partial charge in [-0.3, -0.25) is 0 Å². The molecule has 3 aromatic rings. The summed E-state index contributed by atoms with van der Waals surface area (Å²) in [6, 6.07) is 32.2. The molecule has 0 aromatic heterocycles. The van der Waals surface area contributed by atoms with Gasteiger partial charge in [-0.25, -0.2) is 0 Å². The second-order valence-corrected chi connectivity index (χ2v) is 22.8. The van der Waals surface area contributed by atoms with Crippen LogP contribution in [0.1, 0.15) is 39.5 Å². The first-order valence-corrected chi connectivity index (χ1v) is 18.8. The quantitative estimate of drug-likeness (QED) is 0.239. The van der Waals surface area contributed by atoms with Gasteiger partial charge in [0.25, 0.3) is 0 Å². The summed E-state index contributed by atoms with van der Waals surface area (Å²) in [5, 5.41) is 0. The van der Waals surface area contributed by atoms with E-state index in [0.29, 0.717) is 13.2 Å². The molecule has 3 rings (SSSR count). The first kappa shape index (κ1) is 22.2. The van der Waals surface area contributed by atoms with E-state index in [-0.39, 0.29) is 0 Å². The van der Waals surface area contributed by atoms with E-state index in [2.05, 4.69) is 105 Å². The Balaban J connectivity index is 2.36. The molecular weight excluding hydrogens is 553 g/mol. The maximum absolute atomic E-state index is 7.15. The van der Waals surface area contributed by atoms with E-state index in [0.717, 1.165) is 25.7 Å². The molecule has 0 radical (unpaired) electrons. The van der Waals surface area contributed by atoms with Crippen LogP contribution in [0.3, 0.4) is 0 Å². The summed E-state index contributed by atoms with van der Waals surface area (Å²) >= 11 is -4.86. The zero-order valence-corrected chi connectivity index (χ0v) is 21.1. The van der Waals surface area contributed by atoms with E-state index in [1.807, 2.05) is 0 Å². The van der Waals surface area contributed by atoms with Crippen molar-refractivity contribution in [3.8, 4) is 0 Å². The minimum absolute atomic E-state index is 0.703. The van der Waals surface area contributed by atoms with Gasteiger partial charge in [-0.05, 0) is 0 Å². The van der Waals surface area contributed by atoms with E-state index in [4.69, 9.17) is 5.63 Å². The van der Waals surface area contributed by atoms with Gasteiger partial charge in [0.05, 0.1) is 0 Å². The van der Waals surface area contributed by atoms with Crippen LogP contribution in [0, 0.1) is 0 Å². The van der Waals surface area contributed by atoms with Gasteiger partial charge in [-0.2, -0.15) is 0 Å². The van der Waals surface area contributed by atoms with Crippen molar-refractivity contribution in [3.63, 3.8) is 0 Å². The van der Waals surface area contributed by atoms with Crippen LogP contribution < -0.4 is 9.81 Å². The van der Waals surface area contributed by atoms with E-state index < -0.39 is 19.7 Å². The molecule has 0 fully saturated rings. The zero-order chi connectivity index (χ0) is 20.4. The SMILES string of the molecule is CCCC[O][Bi]([O]CCCC)([c]1ccccc1)([c]1ccccc1)[c]1ccccc1. The predicted octanol–water partition coefficient (Wildman–Crippen LogP) is 4.74. The summed E-state index contributed by atoms with van der Waals surface area (Å²) < 4.78 is 17.9. The van der Waals surface area contributed by atoms with Gasteiger partial charge in [0, 0.05) is 0 Å². The summed E-state index contributed by atoms with van der Waals surface area (Å²) in [5.41, 5.74) is 0. The van der Waals surface area contributed by atoms with E-state index in [9.17, 15) is 0 Å². The number of hydrogen-bond donors (Lipinski definition) is 0. The van der Waals surface area contributed by atoms with Crippen LogP contribution in [-0.2, 0) is 5.63 Å². The molecule has 29 heavy (non-hydrogen) atoms. The zero-order valence-electron chi connectivity index (χ0n) is 17.7. The molecule has 0 saturated carbocycles. The number of unbranched alkanes of at least 4 members (excludes halogenated alkanes) is 2. The van der Waals surface area contributed by atoms with Crippen LogP contribution in [0.5, 0.6) is 0 Å². The molecule has 0 aliphatic carbocycles. The van der Waals surface area contributed by atoms with Crippen molar-refractivity contribution in [1.82, 2.24) is 0 Å². The van der Waals surface area contributed by atoms with Gasteiger partial charge in [-0.1, -0.05) is 0 Å². The van der Waals surface area contributed by atoms with Crippen LogP contribution in [0.2, 0.25) is 0 Å². The van der Waals surface area contributed by atoms with Gasteiger partial charge in [0.15, 0.2) is 0 Å². The van der Waals surface area contributed by atoms with Crippen LogP contribution >= 0.6 is 0 Å². The Labute approximate surface area is 178 Å². The van der Waals surface area contributed by atoms with Gasteiger partial charge >= 0.3 is 179 Å². The third-order valence-electron chi connectivity index (χ3n) is 5.35. The monoisotopic (exact) mass is 586 g/mol. The second kappa shape index (κ2) is 10.5. The molecule has 0 unspecified atom stereocenters. The first-order valence-electron chi connectivity index (χ1n) is 10.8. The molecule has 0 bridgehead atoms. The average molecular weight is 587 g/mol. The molecule has 0 spiro atoms. The Kier molecular flexibility index (Phi) is 8.01. The molecule has 0 heterocycles. The number of hydrogen-bond acceptors (Lipinski definition) is 2. The third-order valence-corrected chi connectivity index (χ3v) is 25.0. The summed E-state index contributed by atoms with van der Waals surface area (Å²) in [7, 11) is 0. The molecule has 2 nitrogen and oxygen atoms in total.